The molecule has 2 aromatic rings. The zero-order valence-corrected chi connectivity index (χ0v) is 11.8. The minimum absolute atomic E-state index is 0.0389. The van der Waals surface area contributed by atoms with E-state index in [4.69, 9.17) is 0 Å². The van der Waals surface area contributed by atoms with Gasteiger partial charge in [-0.3, -0.25) is 4.79 Å². The Morgan fingerprint density at radius 2 is 2.00 bits per heavy atom. The van der Waals surface area contributed by atoms with E-state index >= 15 is 0 Å². The van der Waals surface area contributed by atoms with Gasteiger partial charge in [0, 0.05) is 0 Å². The number of likely N-dealkylation sites (N-methyl/N-ethyl adjacent to an activating group) is 1. The Kier molecular flexibility index (Phi) is 6.60. The maximum atomic E-state index is 11.2. The SMILES string of the molecule is CCC.CNCC(=O)NCc1nc2ccccc2[nH]1. The lowest BCUT2D eigenvalue weighted by atomic mass is 10.3. The van der Waals surface area contributed by atoms with E-state index in [-0.39, 0.29) is 5.91 Å². The summed E-state index contributed by atoms with van der Waals surface area (Å²) in [5.74, 6) is 0.730. The van der Waals surface area contributed by atoms with Gasteiger partial charge in [-0.1, -0.05) is 32.4 Å². The number of aromatic nitrogens is 2. The van der Waals surface area contributed by atoms with Crippen LogP contribution in [0.25, 0.3) is 11.0 Å². The third kappa shape index (κ3) is 5.09. The summed E-state index contributed by atoms with van der Waals surface area (Å²) < 4.78 is 0. The Balaban J connectivity index is 0.000000550. The van der Waals surface area contributed by atoms with Crippen molar-refractivity contribution >= 4 is 16.9 Å². The van der Waals surface area contributed by atoms with E-state index in [1.54, 1.807) is 7.05 Å². The van der Waals surface area contributed by atoms with Crippen molar-refractivity contribution in [2.24, 2.45) is 0 Å². The highest BCUT2D eigenvalue weighted by Crippen LogP contribution is 2.09. The van der Waals surface area contributed by atoms with Gasteiger partial charge < -0.3 is 15.6 Å². The van der Waals surface area contributed by atoms with E-state index in [1.165, 1.54) is 6.42 Å². The molecule has 1 aromatic carbocycles. The van der Waals surface area contributed by atoms with E-state index in [0.717, 1.165) is 16.9 Å². The van der Waals surface area contributed by atoms with Crippen molar-refractivity contribution < 1.29 is 4.79 Å². The fourth-order valence-electron chi connectivity index (χ4n) is 1.49. The number of imidazole rings is 1. The number of carbonyl (C=O) groups excluding carboxylic acids is 1. The molecule has 0 aliphatic rings. The summed E-state index contributed by atoms with van der Waals surface area (Å²) in [6.07, 6.45) is 1.25. The van der Waals surface area contributed by atoms with Crippen LogP contribution in [0.5, 0.6) is 0 Å². The maximum absolute atomic E-state index is 11.2. The van der Waals surface area contributed by atoms with E-state index in [0.29, 0.717) is 13.1 Å². The van der Waals surface area contributed by atoms with E-state index < -0.39 is 0 Å². The van der Waals surface area contributed by atoms with Crippen LogP contribution in [0.3, 0.4) is 0 Å². The molecular formula is C14H22N4O. The molecule has 0 spiro atoms. The van der Waals surface area contributed by atoms with E-state index in [9.17, 15) is 4.79 Å². The van der Waals surface area contributed by atoms with Crippen LogP contribution in [0, 0.1) is 0 Å². The van der Waals surface area contributed by atoms with Gasteiger partial charge >= 0.3 is 0 Å². The van der Waals surface area contributed by atoms with Crippen molar-refractivity contribution in [3.63, 3.8) is 0 Å². The summed E-state index contributed by atoms with van der Waals surface area (Å²) in [7, 11) is 1.74. The van der Waals surface area contributed by atoms with Crippen molar-refractivity contribution in [3.8, 4) is 0 Å². The van der Waals surface area contributed by atoms with Crippen LogP contribution in [0.4, 0.5) is 0 Å². The van der Waals surface area contributed by atoms with Crippen LogP contribution in [0.1, 0.15) is 26.1 Å². The van der Waals surface area contributed by atoms with Crippen LogP contribution in [-0.2, 0) is 11.3 Å². The van der Waals surface area contributed by atoms with Crippen molar-refractivity contribution in [1.82, 2.24) is 20.6 Å². The first-order chi connectivity index (χ1) is 9.21. The lowest BCUT2D eigenvalue weighted by Gasteiger charge is -2.01. The highest BCUT2D eigenvalue weighted by molar-refractivity contribution is 5.78. The van der Waals surface area contributed by atoms with Crippen molar-refractivity contribution in [2.75, 3.05) is 13.6 Å². The lowest BCUT2D eigenvalue weighted by molar-refractivity contribution is -0.120. The maximum Gasteiger partial charge on any atom is 0.234 e. The predicted octanol–water partition coefficient (Wildman–Crippen LogP) is 1.81. The number of benzene rings is 1. The molecule has 5 nitrogen and oxygen atoms in total. The highest BCUT2D eigenvalue weighted by Gasteiger charge is 2.03. The number of hydrogen-bond acceptors (Lipinski definition) is 3. The minimum atomic E-state index is -0.0389. The fourth-order valence-corrected chi connectivity index (χ4v) is 1.49. The molecule has 19 heavy (non-hydrogen) atoms. The molecule has 1 heterocycles. The van der Waals surface area contributed by atoms with Gasteiger partial charge in [-0.15, -0.1) is 0 Å². The third-order valence-corrected chi connectivity index (χ3v) is 2.23. The quantitative estimate of drug-likeness (QED) is 0.787. The fraction of sp³-hybridized carbons (Fsp3) is 0.429. The summed E-state index contributed by atoms with van der Waals surface area (Å²) in [6, 6.07) is 7.78. The molecule has 1 aromatic heterocycles. The summed E-state index contributed by atoms with van der Waals surface area (Å²) in [6.45, 7) is 5.00. The Labute approximate surface area is 113 Å². The standard InChI is InChI=1S/C11H14N4O.C3H8/c1-12-7-11(16)13-6-10-14-8-4-2-3-5-9(8)15-10;1-3-2/h2-5,12H,6-7H2,1H3,(H,13,16)(H,14,15);3H2,1-2H3. The average molecular weight is 262 g/mol. The Hall–Kier alpha value is -1.88. The summed E-state index contributed by atoms with van der Waals surface area (Å²) in [5, 5.41) is 5.55. The van der Waals surface area contributed by atoms with E-state index in [2.05, 4.69) is 34.4 Å². The second-order valence-electron chi connectivity index (χ2n) is 4.21. The van der Waals surface area contributed by atoms with E-state index in [1.807, 2.05) is 24.3 Å². The molecule has 5 heteroatoms. The van der Waals surface area contributed by atoms with Crippen LogP contribution < -0.4 is 10.6 Å². The minimum Gasteiger partial charge on any atom is -0.348 e. The first kappa shape index (κ1) is 15.2. The summed E-state index contributed by atoms with van der Waals surface area (Å²) in [4.78, 5) is 18.7. The van der Waals surface area contributed by atoms with Gasteiger partial charge in [-0.2, -0.15) is 0 Å². The lowest BCUT2D eigenvalue weighted by Crippen LogP contribution is -2.31. The van der Waals surface area contributed by atoms with Crippen LogP contribution in [0.2, 0.25) is 0 Å². The van der Waals surface area contributed by atoms with Gasteiger partial charge in [0.1, 0.15) is 5.82 Å². The number of rotatable bonds is 4. The molecule has 0 bridgehead atoms. The van der Waals surface area contributed by atoms with Gasteiger partial charge in [-0.05, 0) is 19.2 Å². The molecule has 2 rings (SSSR count). The van der Waals surface area contributed by atoms with Crippen molar-refractivity contribution in [3.05, 3.63) is 30.1 Å². The first-order valence-electron chi connectivity index (χ1n) is 6.56. The summed E-state index contributed by atoms with van der Waals surface area (Å²) >= 11 is 0. The molecule has 0 fully saturated rings. The number of H-pyrrole nitrogens is 1. The molecule has 3 N–H and O–H groups in total. The molecule has 0 aliphatic carbocycles. The van der Waals surface area contributed by atoms with Gasteiger partial charge in [0.05, 0.1) is 24.1 Å². The topological polar surface area (TPSA) is 69.8 Å². The summed E-state index contributed by atoms with van der Waals surface area (Å²) in [5.41, 5.74) is 1.90. The largest absolute Gasteiger partial charge is 0.348 e. The highest BCUT2D eigenvalue weighted by atomic mass is 16.1. The van der Waals surface area contributed by atoms with Crippen LogP contribution >= 0.6 is 0 Å². The second-order valence-corrected chi connectivity index (χ2v) is 4.21. The zero-order chi connectivity index (χ0) is 14.1. The van der Waals surface area contributed by atoms with Crippen molar-refractivity contribution in [2.45, 2.75) is 26.8 Å². The average Bonchev–Trinajstić information content (AvgIpc) is 2.80. The molecule has 0 atom stereocenters. The number of amides is 1. The van der Waals surface area contributed by atoms with Crippen LogP contribution in [-0.4, -0.2) is 29.5 Å². The number of fused-ring (bicyclic) bond motifs is 1. The Morgan fingerprint density at radius 1 is 1.32 bits per heavy atom. The number of nitrogens with zero attached hydrogens (tertiary/aromatic N) is 1. The number of aromatic amines is 1. The number of nitrogens with one attached hydrogen (secondary N) is 3. The number of para-hydroxylation sites is 2. The van der Waals surface area contributed by atoms with Gasteiger partial charge in [0.2, 0.25) is 5.91 Å². The molecule has 0 unspecified atom stereocenters. The smallest absolute Gasteiger partial charge is 0.234 e. The molecule has 0 aliphatic heterocycles. The molecular weight excluding hydrogens is 240 g/mol. The second kappa shape index (κ2) is 8.26. The first-order valence-corrected chi connectivity index (χ1v) is 6.56. The Morgan fingerprint density at radius 3 is 2.63 bits per heavy atom. The number of hydrogen-bond donors (Lipinski definition) is 3. The predicted molar refractivity (Wildman–Crippen MR) is 77.8 cm³/mol. The number of carbonyl (C=O) groups is 1. The third-order valence-electron chi connectivity index (χ3n) is 2.23. The molecule has 104 valence electrons. The molecule has 0 radical (unpaired) electrons. The van der Waals surface area contributed by atoms with Crippen LogP contribution in [0.15, 0.2) is 24.3 Å². The van der Waals surface area contributed by atoms with Gasteiger partial charge in [0.15, 0.2) is 0 Å². The molecule has 1 amide bonds. The van der Waals surface area contributed by atoms with Gasteiger partial charge in [0.25, 0.3) is 0 Å². The Bertz CT molecular complexity index is 474. The zero-order valence-electron chi connectivity index (χ0n) is 11.8. The van der Waals surface area contributed by atoms with Gasteiger partial charge in [-0.25, -0.2) is 4.98 Å². The normalized spacial score (nSPS) is 9.84. The molecule has 0 saturated carbocycles. The molecule has 0 saturated heterocycles. The monoisotopic (exact) mass is 262 g/mol. The van der Waals surface area contributed by atoms with Crippen molar-refractivity contribution in [1.29, 1.82) is 0 Å².